The van der Waals surface area contributed by atoms with Gasteiger partial charge in [0.05, 0.1) is 0 Å². The molecule has 0 aliphatic rings. The first-order valence-electron chi connectivity index (χ1n) is 3.22. The van der Waals surface area contributed by atoms with Gasteiger partial charge in [-0.15, -0.1) is 0 Å². The normalized spacial score (nSPS) is 11.4. The number of rotatable bonds is 3. The van der Waals surface area contributed by atoms with Crippen LogP contribution in [0.2, 0.25) is 0 Å². The van der Waals surface area contributed by atoms with E-state index in [9.17, 15) is 13.6 Å². The molecule has 0 rings (SSSR count). The average Bonchev–Trinajstić information content (AvgIpc) is 1.85. The minimum atomic E-state index is -3.42. The number of carbonyl (C=O) groups excluding carboxylic acids is 1. The van der Waals surface area contributed by atoms with Crippen molar-refractivity contribution >= 4 is 21.8 Å². The Bertz CT molecular complexity index is 146. The summed E-state index contributed by atoms with van der Waals surface area (Å²) in [6.45, 7) is 2.16. The maximum Gasteiger partial charge on any atom is 0.377 e. The molecular formula is C6H10BrF2NO. The highest BCUT2D eigenvalue weighted by Gasteiger charge is 2.37. The second kappa shape index (κ2) is 3.99. The molecule has 0 aliphatic carbocycles. The predicted octanol–water partition coefficient (Wildman–Crippen LogP) is 1.84. The third-order valence-corrected chi connectivity index (χ3v) is 1.49. The molecule has 1 amide bonds. The summed E-state index contributed by atoms with van der Waals surface area (Å²) < 4.78 is 24.4. The van der Waals surface area contributed by atoms with Crippen LogP contribution in [-0.4, -0.2) is 29.2 Å². The fourth-order valence-corrected chi connectivity index (χ4v) is 0.956. The fraction of sp³-hybridized carbons (Fsp3) is 0.833. The van der Waals surface area contributed by atoms with E-state index in [1.54, 1.807) is 0 Å². The van der Waals surface area contributed by atoms with Gasteiger partial charge in [-0.2, -0.15) is 8.78 Å². The van der Waals surface area contributed by atoms with E-state index in [1.165, 1.54) is 7.05 Å². The largest absolute Gasteiger partial charge is 0.377 e. The Morgan fingerprint density at radius 1 is 1.64 bits per heavy atom. The number of hydrogen-bond donors (Lipinski definition) is 0. The molecule has 2 nitrogen and oxygen atoms in total. The van der Waals surface area contributed by atoms with E-state index < -0.39 is 10.7 Å². The zero-order chi connectivity index (χ0) is 9.07. The molecule has 0 aromatic heterocycles. The first kappa shape index (κ1) is 10.8. The summed E-state index contributed by atoms with van der Waals surface area (Å²) in [6, 6.07) is 0. The summed E-state index contributed by atoms with van der Waals surface area (Å²) in [4.78, 5) is 8.26. The van der Waals surface area contributed by atoms with Gasteiger partial charge in [0, 0.05) is 29.5 Å². The second-order valence-corrected chi connectivity index (χ2v) is 3.22. The van der Waals surface area contributed by atoms with Gasteiger partial charge in [0.15, 0.2) is 0 Å². The van der Waals surface area contributed by atoms with Gasteiger partial charge in [0.1, 0.15) is 0 Å². The summed E-state index contributed by atoms with van der Waals surface area (Å²) >= 11 is 1.99. The average molecular weight is 230 g/mol. The maximum absolute atomic E-state index is 12.2. The van der Waals surface area contributed by atoms with Crippen molar-refractivity contribution in [3.05, 3.63) is 0 Å². The SMILES string of the molecule is CCCN(C)C(=O)C(F)(F)Br. The van der Waals surface area contributed by atoms with Crippen molar-refractivity contribution in [2.75, 3.05) is 13.6 Å². The molecule has 0 aromatic rings. The zero-order valence-electron chi connectivity index (χ0n) is 6.40. The third kappa shape index (κ3) is 3.65. The molecule has 0 atom stereocenters. The molecule has 0 radical (unpaired) electrons. The monoisotopic (exact) mass is 229 g/mol. The molecule has 66 valence electrons. The van der Waals surface area contributed by atoms with Gasteiger partial charge in [0.25, 0.3) is 0 Å². The lowest BCUT2D eigenvalue weighted by Gasteiger charge is -2.18. The number of halogens is 3. The van der Waals surface area contributed by atoms with Crippen LogP contribution in [-0.2, 0) is 4.79 Å². The van der Waals surface area contributed by atoms with Crippen LogP contribution < -0.4 is 0 Å². The minimum absolute atomic E-state index is 0.347. The third-order valence-electron chi connectivity index (χ3n) is 1.15. The summed E-state index contributed by atoms with van der Waals surface area (Å²) in [5.74, 6) is -1.20. The number of hydrogen-bond acceptors (Lipinski definition) is 1. The molecule has 0 heterocycles. The van der Waals surface area contributed by atoms with E-state index in [-0.39, 0.29) is 0 Å². The van der Waals surface area contributed by atoms with Crippen molar-refractivity contribution in [2.24, 2.45) is 0 Å². The van der Waals surface area contributed by atoms with E-state index in [0.29, 0.717) is 13.0 Å². The molecule has 0 aliphatic heterocycles. The first-order valence-corrected chi connectivity index (χ1v) is 4.01. The van der Waals surface area contributed by atoms with Crippen LogP contribution in [0.15, 0.2) is 0 Å². The lowest BCUT2D eigenvalue weighted by Crippen LogP contribution is -2.37. The number of carbonyl (C=O) groups is 1. The van der Waals surface area contributed by atoms with Crippen molar-refractivity contribution in [1.29, 1.82) is 0 Å². The smallest absolute Gasteiger partial charge is 0.340 e. The molecule has 0 saturated carbocycles. The number of alkyl halides is 3. The van der Waals surface area contributed by atoms with Gasteiger partial charge in [-0.25, -0.2) is 0 Å². The predicted molar refractivity (Wildman–Crippen MR) is 41.8 cm³/mol. The fourth-order valence-electron chi connectivity index (χ4n) is 0.653. The van der Waals surface area contributed by atoms with Gasteiger partial charge in [-0.05, 0) is 6.42 Å². The first-order chi connectivity index (χ1) is 4.89. The Morgan fingerprint density at radius 3 is 2.36 bits per heavy atom. The Hall–Kier alpha value is -0.190. The molecule has 0 bridgehead atoms. The summed E-state index contributed by atoms with van der Waals surface area (Å²) in [5, 5.41) is 0. The second-order valence-electron chi connectivity index (χ2n) is 2.22. The molecule has 0 aromatic carbocycles. The molecule has 5 heteroatoms. The van der Waals surface area contributed by atoms with Crippen LogP contribution >= 0.6 is 15.9 Å². The minimum Gasteiger partial charge on any atom is -0.340 e. The number of amides is 1. The van der Waals surface area contributed by atoms with Crippen molar-refractivity contribution in [3.8, 4) is 0 Å². The van der Waals surface area contributed by atoms with Crippen LogP contribution in [0.25, 0.3) is 0 Å². The van der Waals surface area contributed by atoms with E-state index >= 15 is 0 Å². The standard InChI is InChI=1S/C6H10BrF2NO/c1-3-4-10(2)5(11)6(7,8)9/h3-4H2,1-2H3. The molecule has 0 spiro atoms. The highest BCUT2D eigenvalue weighted by atomic mass is 79.9. The Balaban J connectivity index is 4.03. The Kier molecular flexibility index (Phi) is 3.92. The van der Waals surface area contributed by atoms with Gasteiger partial charge in [-0.3, -0.25) is 4.79 Å². The molecule has 11 heavy (non-hydrogen) atoms. The highest BCUT2D eigenvalue weighted by Crippen LogP contribution is 2.23. The summed E-state index contributed by atoms with van der Waals surface area (Å²) in [5.41, 5.74) is 0. The van der Waals surface area contributed by atoms with Gasteiger partial charge >= 0.3 is 10.7 Å². The molecule has 0 saturated heterocycles. The van der Waals surface area contributed by atoms with Crippen LogP contribution in [0.4, 0.5) is 8.78 Å². The van der Waals surface area contributed by atoms with Crippen molar-refractivity contribution < 1.29 is 13.6 Å². The Morgan fingerprint density at radius 2 is 2.09 bits per heavy atom. The van der Waals surface area contributed by atoms with Gasteiger partial charge < -0.3 is 4.90 Å². The Labute approximate surface area is 72.7 Å². The van der Waals surface area contributed by atoms with Crippen LogP contribution in [0.1, 0.15) is 13.3 Å². The molecule has 0 fully saturated rings. The lowest BCUT2D eigenvalue weighted by molar-refractivity contribution is -0.144. The molecule has 0 N–H and O–H groups in total. The summed E-state index contributed by atoms with van der Waals surface area (Å²) in [6.07, 6.45) is 0.672. The van der Waals surface area contributed by atoms with E-state index in [0.717, 1.165) is 4.90 Å². The lowest BCUT2D eigenvalue weighted by atomic mass is 10.4. The topological polar surface area (TPSA) is 20.3 Å². The van der Waals surface area contributed by atoms with Gasteiger partial charge in [0.2, 0.25) is 0 Å². The number of nitrogens with zero attached hydrogens (tertiary/aromatic N) is 1. The van der Waals surface area contributed by atoms with E-state index in [4.69, 9.17) is 0 Å². The van der Waals surface area contributed by atoms with Crippen molar-refractivity contribution in [1.82, 2.24) is 4.90 Å². The summed E-state index contributed by atoms with van der Waals surface area (Å²) in [7, 11) is 1.35. The van der Waals surface area contributed by atoms with Crippen molar-refractivity contribution in [2.45, 2.75) is 18.2 Å². The van der Waals surface area contributed by atoms with E-state index in [2.05, 4.69) is 0 Å². The van der Waals surface area contributed by atoms with Crippen molar-refractivity contribution in [3.63, 3.8) is 0 Å². The molecular weight excluding hydrogens is 220 g/mol. The van der Waals surface area contributed by atoms with Crippen LogP contribution in [0.5, 0.6) is 0 Å². The zero-order valence-corrected chi connectivity index (χ0v) is 7.99. The maximum atomic E-state index is 12.2. The van der Waals surface area contributed by atoms with Gasteiger partial charge in [-0.1, -0.05) is 6.92 Å². The van der Waals surface area contributed by atoms with Crippen LogP contribution in [0.3, 0.4) is 0 Å². The van der Waals surface area contributed by atoms with E-state index in [1.807, 2.05) is 22.9 Å². The quantitative estimate of drug-likeness (QED) is 0.677. The molecule has 0 unspecified atom stereocenters. The highest BCUT2D eigenvalue weighted by molar-refractivity contribution is 9.10. The van der Waals surface area contributed by atoms with Crippen LogP contribution in [0, 0.1) is 0 Å².